The summed E-state index contributed by atoms with van der Waals surface area (Å²) in [5.74, 6) is -2.44. The number of rotatable bonds is 2. The smallest absolute Gasteiger partial charge is 0.265 e. The largest absolute Gasteiger partial charge is 0.268 e. The number of imide groups is 2. The molecule has 0 aromatic heterocycles. The summed E-state index contributed by atoms with van der Waals surface area (Å²) >= 11 is 24.2. The zero-order chi connectivity index (χ0) is 25.5. The Balaban J connectivity index is 1.54. The van der Waals surface area contributed by atoms with E-state index in [1.54, 1.807) is 0 Å². The van der Waals surface area contributed by atoms with E-state index in [0.29, 0.717) is 0 Å². The first kappa shape index (κ1) is 23.0. The molecule has 6 rings (SSSR count). The minimum Gasteiger partial charge on any atom is -0.268 e. The zero-order valence-electron chi connectivity index (χ0n) is 17.8. The van der Waals surface area contributed by atoms with Crippen LogP contribution in [0.2, 0.25) is 20.1 Å². The van der Waals surface area contributed by atoms with Crippen molar-refractivity contribution in [1.82, 2.24) is 0 Å². The molecule has 0 fully saturated rings. The van der Waals surface area contributed by atoms with Crippen LogP contribution in [-0.4, -0.2) is 23.6 Å². The molecule has 4 aromatic rings. The molecule has 2 aliphatic heterocycles. The third-order valence-corrected chi connectivity index (χ3v) is 7.70. The Morgan fingerprint density at radius 2 is 0.722 bits per heavy atom. The summed E-state index contributed by atoms with van der Waals surface area (Å²) in [5.41, 5.74) is 1.22. The maximum Gasteiger partial charge on any atom is 0.265 e. The van der Waals surface area contributed by atoms with E-state index in [1.807, 2.05) is 0 Å². The van der Waals surface area contributed by atoms with Gasteiger partial charge in [-0.15, -0.1) is 0 Å². The number of nitrogens with zero attached hydrogens (tertiary/aromatic N) is 2. The molecular weight excluding hydrogens is 546 g/mol. The van der Waals surface area contributed by atoms with Crippen LogP contribution < -0.4 is 9.80 Å². The molecule has 176 valence electrons. The van der Waals surface area contributed by atoms with Crippen LogP contribution in [0.5, 0.6) is 0 Å². The van der Waals surface area contributed by atoms with Gasteiger partial charge in [0.15, 0.2) is 0 Å². The van der Waals surface area contributed by atoms with Gasteiger partial charge in [-0.3, -0.25) is 19.2 Å². The van der Waals surface area contributed by atoms with Gasteiger partial charge in [0.2, 0.25) is 0 Å². The Kier molecular flexibility index (Phi) is 5.14. The molecule has 0 saturated carbocycles. The van der Waals surface area contributed by atoms with Crippen molar-refractivity contribution in [2.24, 2.45) is 0 Å². The number of hydrogen-bond donors (Lipinski definition) is 0. The van der Waals surface area contributed by atoms with Gasteiger partial charge in [-0.2, -0.15) is 0 Å². The maximum absolute atomic E-state index is 13.5. The SMILES string of the molecule is O=C1c2ccc3c4c(ccc(c24)C(=O)N1c1ccc(Cl)c(Cl)c1)C(=O)N(c1ccc(Cl)c(Cl)c1)C3=O. The van der Waals surface area contributed by atoms with Crippen LogP contribution in [0.4, 0.5) is 11.4 Å². The molecule has 0 spiro atoms. The molecule has 36 heavy (non-hydrogen) atoms. The predicted molar refractivity (Wildman–Crippen MR) is 139 cm³/mol. The van der Waals surface area contributed by atoms with Gasteiger partial charge in [-0.05, 0) is 60.7 Å². The summed E-state index contributed by atoms with van der Waals surface area (Å²) in [7, 11) is 0. The highest BCUT2D eigenvalue weighted by molar-refractivity contribution is 6.45. The summed E-state index contributed by atoms with van der Waals surface area (Å²) < 4.78 is 0. The van der Waals surface area contributed by atoms with Crippen LogP contribution in [0.1, 0.15) is 41.4 Å². The molecule has 0 atom stereocenters. The minimum absolute atomic E-state index is 0.180. The average molecular weight is 556 g/mol. The summed E-state index contributed by atoms with van der Waals surface area (Å²) in [5, 5.41) is 1.44. The second kappa shape index (κ2) is 8.05. The van der Waals surface area contributed by atoms with Crippen molar-refractivity contribution in [2.45, 2.75) is 0 Å². The van der Waals surface area contributed by atoms with Crippen molar-refractivity contribution < 1.29 is 19.2 Å². The van der Waals surface area contributed by atoms with Gasteiger partial charge in [-0.1, -0.05) is 46.4 Å². The Bertz CT molecular complexity index is 1540. The van der Waals surface area contributed by atoms with Crippen LogP contribution >= 0.6 is 46.4 Å². The highest BCUT2D eigenvalue weighted by Gasteiger charge is 2.40. The van der Waals surface area contributed by atoms with Crippen molar-refractivity contribution in [3.8, 4) is 0 Å². The Hall–Kier alpha value is -3.42. The summed E-state index contributed by atoms with van der Waals surface area (Å²) in [6.07, 6.45) is 0. The van der Waals surface area contributed by atoms with E-state index in [4.69, 9.17) is 46.4 Å². The molecule has 2 heterocycles. The lowest BCUT2D eigenvalue weighted by Gasteiger charge is -2.32. The third kappa shape index (κ3) is 3.12. The number of anilines is 2. The number of benzene rings is 4. The first-order valence-electron chi connectivity index (χ1n) is 10.5. The normalized spacial score (nSPS) is 14.8. The van der Waals surface area contributed by atoms with E-state index < -0.39 is 23.6 Å². The fourth-order valence-corrected chi connectivity index (χ4v) is 5.18. The first-order chi connectivity index (χ1) is 17.2. The van der Waals surface area contributed by atoms with Crippen LogP contribution in [0.3, 0.4) is 0 Å². The summed E-state index contributed by atoms with van der Waals surface area (Å²) in [4.78, 5) is 55.9. The lowest BCUT2D eigenvalue weighted by molar-refractivity contribution is 0.0873. The zero-order valence-corrected chi connectivity index (χ0v) is 20.8. The highest BCUT2D eigenvalue weighted by atomic mass is 35.5. The van der Waals surface area contributed by atoms with Crippen LogP contribution in [-0.2, 0) is 0 Å². The maximum atomic E-state index is 13.5. The number of halogens is 4. The molecule has 0 unspecified atom stereocenters. The molecule has 10 heteroatoms. The van der Waals surface area contributed by atoms with Crippen LogP contribution in [0, 0.1) is 0 Å². The molecule has 0 bridgehead atoms. The molecule has 2 aliphatic rings. The van der Waals surface area contributed by atoms with Gasteiger partial charge >= 0.3 is 0 Å². The van der Waals surface area contributed by atoms with Gasteiger partial charge in [-0.25, -0.2) is 9.80 Å². The molecular formula is C26H10Cl4N2O4. The van der Waals surface area contributed by atoms with Gasteiger partial charge in [0, 0.05) is 33.0 Å². The van der Waals surface area contributed by atoms with E-state index in [0.717, 1.165) is 9.80 Å². The van der Waals surface area contributed by atoms with Gasteiger partial charge in [0.25, 0.3) is 23.6 Å². The van der Waals surface area contributed by atoms with Crippen molar-refractivity contribution in [3.05, 3.63) is 103 Å². The van der Waals surface area contributed by atoms with Crippen molar-refractivity contribution in [1.29, 1.82) is 0 Å². The lowest BCUT2D eigenvalue weighted by Crippen LogP contribution is -2.43. The molecule has 6 nitrogen and oxygen atoms in total. The van der Waals surface area contributed by atoms with E-state index in [-0.39, 0.29) is 64.5 Å². The fraction of sp³-hybridized carbons (Fsp3) is 0. The molecule has 4 amide bonds. The summed E-state index contributed by atoms with van der Waals surface area (Å²) in [6, 6.07) is 14.8. The quantitative estimate of drug-likeness (QED) is 0.248. The lowest BCUT2D eigenvalue weighted by atomic mass is 9.85. The van der Waals surface area contributed by atoms with Crippen molar-refractivity contribution >= 4 is 92.2 Å². The Morgan fingerprint density at radius 3 is 1.00 bits per heavy atom. The average Bonchev–Trinajstić information content (AvgIpc) is 2.85. The van der Waals surface area contributed by atoms with E-state index >= 15 is 0 Å². The summed E-state index contributed by atoms with van der Waals surface area (Å²) in [6.45, 7) is 0. The second-order valence-electron chi connectivity index (χ2n) is 8.16. The van der Waals surface area contributed by atoms with Gasteiger partial charge in [0.05, 0.1) is 31.5 Å². The van der Waals surface area contributed by atoms with Crippen LogP contribution in [0.15, 0.2) is 60.7 Å². The van der Waals surface area contributed by atoms with Crippen molar-refractivity contribution in [2.75, 3.05) is 9.80 Å². The standard InChI is InChI=1S/C26H10Cl4N2O4/c27-17-7-1-11(9-19(17)29)31-23(33)13-3-5-15-22-16(6-4-14(21(13)22)24(31)34)26(36)32(25(15)35)12-2-8-18(28)20(30)10-12/h1-10H. The van der Waals surface area contributed by atoms with E-state index in [9.17, 15) is 19.2 Å². The van der Waals surface area contributed by atoms with Crippen LogP contribution in [0.25, 0.3) is 10.8 Å². The number of hydrogen-bond acceptors (Lipinski definition) is 4. The molecule has 0 radical (unpaired) electrons. The fourth-order valence-electron chi connectivity index (χ4n) is 4.59. The number of carbonyl (C=O) groups excluding carboxylic acids is 4. The van der Waals surface area contributed by atoms with Crippen molar-refractivity contribution in [3.63, 3.8) is 0 Å². The minimum atomic E-state index is -0.610. The number of amides is 4. The van der Waals surface area contributed by atoms with Gasteiger partial charge < -0.3 is 0 Å². The molecule has 4 aromatic carbocycles. The molecule has 0 saturated heterocycles. The predicted octanol–water partition coefficient (Wildman–Crippen LogP) is 7.05. The number of carbonyl (C=O) groups is 4. The first-order valence-corrected chi connectivity index (χ1v) is 12.0. The Labute approximate surface area is 223 Å². The second-order valence-corrected chi connectivity index (χ2v) is 9.79. The topological polar surface area (TPSA) is 74.8 Å². The van der Waals surface area contributed by atoms with Gasteiger partial charge in [0.1, 0.15) is 0 Å². The van der Waals surface area contributed by atoms with E-state index in [1.165, 1.54) is 60.7 Å². The Morgan fingerprint density at radius 1 is 0.417 bits per heavy atom. The molecule has 0 aliphatic carbocycles. The monoisotopic (exact) mass is 554 g/mol. The molecule has 0 N–H and O–H groups in total. The van der Waals surface area contributed by atoms with E-state index in [2.05, 4.69) is 0 Å². The third-order valence-electron chi connectivity index (χ3n) is 6.22. The highest BCUT2D eigenvalue weighted by Crippen LogP contribution is 2.41.